The zero-order valence-electron chi connectivity index (χ0n) is 9.34. The number of non-ortho nitro benzene ring substituents is 1. The van der Waals surface area contributed by atoms with Crippen molar-refractivity contribution in [2.75, 3.05) is 6.61 Å². The normalized spacial score (nSPS) is 12.2. The van der Waals surface area contributed by atoms with Gasteiger partial charge >= 0.3 is 0 Å². The molecule has 1 atom stereocenters. The van der Waals surface area contributed by atoms with E-state index in [4.69, 9.17) is 9.84 Å². The van der Waals surface area contributed by atoms with E-state index in [2.05, 4.69) is 0 Å². The molecule has 5 heteroatoms. The van der Waals surface area contributed by atoms with E-state index in [-0.39, 0.29) is 5.69 Å². The zero-order valence-corrected chi connectivity index (χ0v) is 9.34. The Morgan fingerprint density at radius 1 is 1.56 bits per heavy atom. The van der Waals surface area contributed by atoms with Gasteiger partial charge in [0, 0.05) is 12.5 Å². The molecule has 0 amide bonds. The molecule has 0 saturated heterocycles. The molecular weight excluding hydrogens is 210 g/mol. The monoisotopic (exact) mass is 225 g/mol. The quantitative estimate of drug-likeness (QED) is 0.614. The summed E-state index contributed by atoms with van der Waals surface area (Å²) in [6, 6.07) is 4.49. The molecule has 1 unspecified atom stereocenters. The van der Waals surface area contributed by atoms with Crippen molar-refractivity contribution in [1.82, 2.24) is 0 Å². The zero-order chi connectivity index (χ0) is 12.1. The van der Waals surface area contributed by atoms with Gasteiger partial charge in [0.15, 0.2) is 0 Å². The van der Waals surface area contributed by atoms with Crippen molar-refractivity contribution in [3.63, 3.8) is 0 Å². The number of nitro groups is 1. The molecule has 0 aliphatic rings. The largest absolute Gasteiger partial charge is 0.493 e. The number of hydrogen-bond acceptors (Lipinski definition) is 4. The summed E-state index contributed by atoms with van der Waals surface area (Å²) >= 11 is 0. The van der Waals surface area contributed by atoms with Crippen LogP contribution < -0.4 is 4.74 Å². The van der Waals surface area contributed by atoms with Gasteiger partial charge in [-0.1, -0.05) is 0 Å². The van der Waals surface area contributed by atoms with Crippen molar-refractivity contribution in [1.29, 1.82) is 0 Å². The fourth-order valence-corrected chi connectivity index (χ4v) is 1.20. The molecule has 0 aliphatic heterocycles. The molecule has 0 bridgehead atoms. The van der Waals surface area contributed by atoms with E-state index in [1.54, 1.807) is 13.0 Å². The lowest BCUT2D eigenvalue weighted by Crippen LogP contribution is -2.08. The molecule has 1 aromatic rings. The topological polar surface area (TPSA) is 72.6 Å². The Kier molecular flexibility index (Phi) is 4.25. The van der Waals surface area contributed by atoms with Crippen LogP contribution in [0.15, 0.2) is 18.2 Å². The Morgan fingerprint density at radius 3 is 2.81 bits per heavy atom. The average Bonchev–Trinajstić information content (AvgIpc) is 2.20. The first kappa shape index (κ1) is 12.4. The van der Waals surface area contributed by atoms with Crippen LogP contribution >= 0.6 is 0 Å². The number of nitrogens with zero attached hydrogens (tertiary/aromatic N) is 1. The summed E-state index contributed by atoms with van der Waals surface area (Å²) in [5.74, 6) is 0.495. The fraction of sp³-hybridized carbons (Fsp3) is 0.455. The molecule has 88 valence electrons. The first-order valence-corrected chi connectivity index (χ1v) is 5.06. The first-order valence-electron chi connectivity index (χ1n) is 5.06. The number of benzene rings is 1. The summed E-state index contributed by atoms with van der Waals surface area (Å²) in [7, 11) is 0. The molecular formula is C11H15NO4. The van der Waals surface area contributed by atoms with Gasteiger partial charge in [0.25, 0.3) is 5.69 Å². The van der Waals surface area contributed by atoms with Gasteiger partial charge in [-0.2, -0.15) is 0 Å². The minimum atomic E-state index is -0.457. The lowest BCUT2D eigenvalue weighted by atomic mass is 10.2. The van der Waals surface area contributed by atoms with Crippen molar-refractivity contribution < 1.29 is 14.8 Å². The van der Waals surface area contributed by atoms with E-state index in [0.717, 1.165) is 5.56 Å². The van der Waals surface area contributed by atoms with Gasteiger partial charge in [0.2, 0.25) is 0 Å². The number of rotatable bonds is 5. The summed E-state index contributed by atoms with van der Waals surface area (Å²) in [6.45, 7) is 3.84. The van der Waals surface area contributed by atoms with Crippen molar-refractivity contribution in [2.45, 2.75) is 26.4 Å². The molecule has 0 aliphatic carbocycles. The maximum Gasteiger partial charge on any atom is 0.273 e. The Labute approximate surface area is 93.8 Å². The van der Waals surface area contributed by atoms with Gasteiger partial charge < -0.3 is 9.84 Å². The summed E-state index contributed by atoms with van der Waals surface area (Å²) in [5, 5.41) is 19.6. The van der Waals surface area contributed by atoms with E-state index in [9.17, 15) is 10.1 Å². The standard InChI is InChI=1S/C11H15NO4/c1-8-3-4-10(12(14)15)7-11(8)16-6-5-9(2)13/h3-4,7,9,13H,5-6H2,1-2H3. The molecule has 1 N–H and O–H groups in total. The predicted octanol–water partition coefficient (Wildman–Crippen LogP) is 2.05. The molecule has 0 radical (unpaired) electrons. The van der Waals surface area contributed by atoms with Gasteiger partial charge in [-0.05, 0) is 25.5 Å². The second-order valence-electron chi connectivity index (χ2n) is 3.69. The second kappa shape index (κ2) is 5.46. The van der Waals surface area contributed by atoms with Crippen LogP contribution in [0.1, 0.15) is 18.9 Å². The van der Waals surface area contributed by atoms with Crippen molar-refractivity contribution in [2.24, 2.45) is 0 Å². The van der Waals surface area contributed by atoms with Crippen molar-refractivity contribution >= 4 is 5.69 Å². The fourth-order valence-electron chi connectivity index (χ4n) is 1.20. The SMILES string of the molecule is Cc1ccc([N+](=O)[O-])cc1OCCC(C)O. The van der Waals surface area contributed by atoms with E-state index in [1.165, 1.54) is 12.1 Å². The minimum Gasteiger partial charge on any atom is -0.493 e. The Balaban J connectivity index is 2.70. The maximum atomic E-state index is 10.6. The maximum absolute atomic E-state index is 10.6. The van der Waals surface area contributed by atoms with Crippen LogP contribution in [-0.2, 0) is 0 Å². The van der Waals surface area contributed by atoms with Crippen LogP contribution in [0.5, 0.6) is 5.75 Å². The summed E-state index contributed by atoms with van der Waals surface area (Å²) in [4.78, 5) is 10.1. The lowest BCUT2D eigenvalue weighted by molar-refractivity contribution is -0.384. The molecule has 0 fully saturated rings. The third-order valence-electron chi connectivity index (χ3n) is 2.18. The molecule has 0 heterocycles. The third kappa shape index (κ3) is 3.51. The number of aliphatic hydroxyl groups is 1. The Bertz CT molecular complexity index is 376. The average molecular weight is 225 g/mol. The number of nitro benzene ring substituents is 1. The highest BCUT2D eigenvalue weighted by atomic mass is 16.6. The van der Waals surface area contributed by atoms with Crippen LogP contribution in [-0.4, -0.2) is 22.7 Å². The lowest BCUT2D eigenvalue weighted by Gasteiger charge is -2.09. The minimum absolute atomic E-state index is 0.0117. The van der Waals surface area contributed by atoms with Gasteiger partial charge in [-0.15, -0.1) is 0 Å². The van der Waals surface area contributed by atoms with Crippen molar-refractivity contribution in [3.8, 4) is 5.75 Å². The highest BCUT2D eigenvalue weighted by Crippen LogP contribution is 2.24. The molecule has 0 aromatic heterocycles. The highest BCUT2D eigenvalue weighted by molar-refractivity contribution is 5.43. The van der Waals surface area contributed by atoms with Crippen LogP contribution in [0.25, 0.3) is 0 Å². The van der Waals surface area contributed by atoms with Crippen LogP contribution in [0.4, 0.5) is 5.69 Å². The third-order valence-corrected chi connectivity index (χ3v) is 2.18. The number of ether oxygens (including phenoxy) is 1. The van der Waals surface area contributed by atoms with Gasteiger partial charge in [-0.25, -0.2) is 0 Å². The molecule has 5 nitrogen and oxygen atoms in total. The van der Waals surface area contributed by atoms with Crippen LogP contribution in [0.2, 0.25) is 0 Å². The molecule has 0 saturated carbocycles. The van der Waals surface area contributed by atoms with Gasteiger partial charge in [0.05, 0.1) is 23.7 Å². The van der Waals surface area contributed by atoms with E-state index >= 15 is 0 Å². The summed E-state index contributed by atoms with van der Waals surface area (Å²) < 4.78 is 5.37. The van der Waals surface area contributed by atoms with Crippen molar-refractivity contribution in [3.05, 3.63) is 33.9 Å². The van der Waals surface area contributed by atoms with Crippen LogP contribution in [0, 0.1) is 17.0 Å². The molecule has 1 rings (SSSR count). The molecule has 1 aromatic carbocycles. The predicted molar refractivity (Wildman–Crippen MR) is 59.6 cm³/mol. The van der Waals surface area contributed by atoms with E-state index in [1.807, 2.05) is 6.92 Å². The first-order chi connectivity index (χ1) is 7.50. The summed E-state index contributed by atoms with van der Waals surface area (Å²) in [5.41, 5.74) is 0.855. The molecule has 0 spiro atoms. The van der Waals surface area contributed by atoms with Gasteiger partial charge in [0.1, 0.15) is 5.75 Å². The molecule has 16 heavy (non-hydrogen) atoms. The highest BCUT2D eigenvalue weighted by Gasteiger charge is 2.09. The summed E-state index contributed by atoms with van der Waals surface area (Å²) in [6.07, 6.45) is 0.0706. The van der Waals surface area contributed by atoms with E-state index < -0.39 is 11.0 Å². The van der Waals surface area contributed by atoms with E-state index in [0.29, 0.717) is 18.8 Å². The number of aryl methyl sites for hydroxylation is 1. The Morgan fingerprint density at radius 2 is 2.25 bits per heavy atom. The van der Waals surface area contributed by atoms with Crippen LogP contribution in [0.3, 0.4) is 0 Å². The Hall–Kier alpha value is -1.62. The number of hydrogen-bond donors (Lipinski definition) is 1. The number of aliphatic hydroxyl groups excluding tert-OH is 1. The second-order valence-corrected chi connectivity index (χ2v) is 3.69. The smallest absolute Gasteiger partial charge is 0.273 e. The van der Waals surface area contributed by atoms with Gasteiger partial charge in [-0.3, -0.25) is 10.1 Å².